The second-order valence-corrected chi connectivity index (χ2v) is 13.0. The maximum Gasteiger partial charge on any atom is 0.159 e. The summed E-state index contributed by atoms with van der Waals surface area (Å²) in [5.74, 6) is 1.37. The molecule has 0 saturated carbocycles. The number of fused-ring (bicyclic) bond motifs is 11. The molecule has 0 spiro atoms. The van der Waals surface area contributed by atoms with E-state index in [9.17, 15) is 0 Å². The zero-order valence-electron chi connectivity index (χ0n) is 26.7. The Morgan fingerprint density at radius 1 is 0.480 bits per heavy atom. The molecule has 10 aromatic rings. The van der Waals surface area contributed by atoms with Gasteiger partial charge in [0.25, 0.3) is 0 Å². The molecule has 11 rings (SSSR count). The third-order valence-electron chi connectivity index (χ3n) is 10.1. The van der Waals surface area contributed by atoms with Crippen molar-refractivity contribution in [2.75, 3.05) is 0 Å². The third kappa shape index (κ3) is 4.07. The van der Waals surface area contributed by atoms with Crippen molar-refractivity contribution in [2.45, 2.75) is 6.17 Å². The number of hydrogen-bond acceptors (Lipinski definition) is 5. The van der Waals surface area contributed by atoms with E-state index >= 15 is 0 Å². The van der Waals surface area contributed by atoms with Crippen molar-refractivity contribution >= 4 is 87.9 Å². The minimum Gasteiger partial charge on any atom is -0.456 e. The fourth-order valence-corrected chi connectivity index (χ4v) is 7.70. The van der Waals surface area contributed by atoms with Crippen LogP contribution < -0.4 is 5.32 Å². The molecule has 2 aromatic heterocycles. The fourth-order valence-electron chi connectivity index (χ4n) is 7.70. The number of hydrogen-bond donors (Lipinski definition) is 1. The molecular formula is C45H27N3O2. The van der Waals surface area contributed by atoms with Crippen LogP contribution in [0.15, 0.2) is 170 Å². The Hall–Kier alpha value is -6.72. The molecule has 5 heteroatoms. The van der Waals surface area contributed by atoms with Crippen molar-refractivity contribution in [3.05, 3.63) is 168 Å². The summed E-state index contributed by atoms with van der Waals surface area (Å²) in [5, 5.41) is 15.2. The highest BCUT2D eigenvalue weighted by atomic mass is 16.3. The van der Waals surface area contributed by atoms with Crippen molar-refractivity contribution < 1.29 is 8.83 Å². The molecule has 50 heavy (non-hydrogen) atoms. The third-order valence-corrected chi connectivity index (χ3v) is 10.1. The second-order valence-electron chi connectivity index (χ2n) is 13.0. The van der Waals surface area contributed by atoms with Gasteiger partial charge in [0, 0.05) is 27.1 Å². The lowest BCUT2D eigenvalue weighted by Crippen LogP contribution is -2.33. The molecule has 1 aliphatic rings. The molecule has 3 heterocycles. The standard InChI is InChI=1S/C45H27N3O2/c1-2-9-31-26(8-1)16-19-28-20-17-27-18-21-29(24-36(27)41(28)31)43-46-44(30-22-23-40-37(25-30)33-11-4-5-14-38(33)49-40)48-45(47-43)35-13-7-12-34-32-10-3-6-15-39(32)50-42(34)35/h1-25,44H,(H,46,47,48). The molecule has 1 N–H and O–H groups in total. The van der Waals surface area contributed by atoms with Crippen LogP contribution in [-0.2, 0) is 0 Å². The molecule has 0 fully saturated rings. The Morgan fingerprint density at radius 3 is 2.00 bits per heavy atom. The first-order valence-electron chi connectivity index (χ1n) is 16.8. The van der Waals surface area contributed by atoms with E-state index in [2.05, 4.69) is 115 Å². The van der Waals surface area contributed by atoms with Crippen LogP contribution >= 0.6 is 0 Å². The molecule has 5 nitrogen and oxygen atoms in total. The topological polar surface area (TPSA) is 63.0 Å². The van der Waals surface area contributed by atoms with Gasteiger partial charge in [-0.2, -0.15) is 0 Å². The Kier molecular flexibility index (Phi) is 5.66. The van der Waals surface area contributed by atoms with Gasteiger partial charge < -0.3 is 14.2 Å². The lowest BCUT2D eigenvalue weighted by Gasteiger charge is -2.24. The molecule has 0 bridgehead atoms. The van der Waals surface area contributed by atoms with Gasteiger partial charge in [-0.3, -0.25) is 0 Å². The highest BCUT2D eigenvalue weighted by Crippen LogP contribution is 2.36. The van der Waals surface area contributed by atoms with Crippen LogP contribution in [0.2, 0.25) is 0 Å². The van der Waals surface area contributed by atoms with Crippen molar-refractivity contribution in [3.63, 3.8) is 0 Å². The normalized spacial score (nSPS) is 15.0. The lowest BCUT2D eigenvalue weighted by atomic mass is 9.95. The van der Waals surface area contributed by atoms with Crippen molar-refractivity contribution in [3.8, 4) is 0 Å². The molecule has 0 saturated heterocycles. The summed E-state index contributed by atoms with van der Waals surface area (Å²) >= 11 is 0. The molecule has 8 aromatic carbocycles. The zero-order chi connectivity index (χ0) is 32.8. The second kappa shape index (κ2) is 10.4. The smallest absolute Gasteiger partial charge is 0.159 e. The minimum atomic E-state index is -0.403. The van der Waals surface area contributed by atoms with Gasteiger partial charge in [0.2, 0.25) is 0 Å². The number of para-hydroxylation sites is 3. The van der Waals surface area contributed by atoms with E-state index in [1.165, 1.54) is 32.3 Å². The van der Waals surface area contributed by atoms with Gasteiger partial charge in [0.05, 0.1) is 5.56 Å². The number of rotatable bonds is 3. The highest BCUT2D eigenvalue weighted by molar-refractivity contribution is 6.23. The molecule has 1 unspecified atom stereocenters. The Labute approximate surface area is 285 Å². The van der Waals surface area contributed by atoms with Crippen molar-refractivity contribution in [1.82, 2.24) is 5.32 Å². The van der Waals surface area contributed by atoms with Gasteiger partial charge in [0.15, 0.2) is 5.84 Å². The molecule has 0 aliphatic carbocycles. The van der Waals surface area contributed by atoms with Gasteiger partial charge in [-0.25, -0.2) is 9.98 Å². The van der Waals surface area contributed by atoms with Gasteiger partial charge >= 0.3 is 0 Å². The van der Waals surface area contributed by atoms with E-state index in [0.717, 1.165) is 60.6 Å². The van der Waals surface area contributed by atoms with Crippen molar-refractivity contribution in [1.29, 1.82) is 0 Å². The highest BCUT2D eigenvalue weighted by Gasteiger charge is 2.25. The Balaban J connectivity index is 1.14. The zero-order valence-corrected chi connectivity index (χ0v) is 26.7. The molecular weight excluding hydrogens is 615 g/mol. The van der Waals surface area contributed by atoms with Crippen LogP contribution in [0.4, 0.5) is 0 Å². The Morgan fingerprint density at radius 2 is 1.14 bits per heavy atom. The average Bonchev–Trinajstić information content (AvgIpc) is 3.75. The summed E-state index contributed by atoms with van der Waals surface area (Å²) in [5.41, 5.74) is 6.23. The summed E-state index contributed by atoms with van der Waals surface area (Å²) in [4.78, 5) is 10.5. The number of furan rings is 2. The molecule has 234 valence electrons. The van der Waals surface area contributed by atoms with E-state index in [1.807, 2.05) is 42.5 Å². The maximum atomic E-state index is 6.49. The molecule has 0 amide bonds. The quantitative estimate of drug-likeness (QED) is 0.195. The van der Waals surface area contributed by atoms with Gasteiger partial charge in [0.1, 0.15) is 34.3 Å². The summed E-state index contributed by atoms with van der Waals surface area (Å²) < 4.78 is 12.7. The molecule has 1 aliphatic heterocycles. The van der Waals surface area contributed by atoms with Crippen LogP contribution in [0, 0.1) is 0 Å². The SMILES string of the molecule is c1ccc2c(c1)ccc1ccc3ccc(C4=NC(c5ccc6oc7ccccc7c6c5)NC(c5cccc6c5oc5ccccc56)=N4)cc3c12. The summed E-state index contributed by atoms with van der Waals surface area (Å²) in [6.45, 7) is 0. The summed E-state index contributed by atoms with van der Waals surface area (Å²) in [6, 6.07) is 52.9. The molecule has 0 radical (unpaired) electrons. The van der Waals surface area contributed by atoms with Crippen LogP contribution in [-0.4, -0.2) is 11.7 Å². The lowest BCUT2D eigenvalue weighted by molar-refractivity contribution is 0.658. The van der Waals surface area contributed by atoms with Crippen molar-refractivity contribution in [2.24, 2.45) is 9.98 Å². The number of aliphatic imine (C=N–C) groups is 2. The monoisotopic (exact) mass is 641 g/mol. The van der Waals surface area contributed by atoms with Crippen LogP contribution in [0.5, 0.6) is 0 Å². The van der Waals surface area contributed by atoms with E-state index in [4.69, 9.17) is 18.8 Å². The first kappa shape index (κ1) is 27.3. The van der Waals surface area contributed by atoms with E-state index in [0.29, 0.717) is 11.7 Å². The van der Waals surface area contributed by atoms with Gasteiger partial charge in [-0.1, -0.05) is 115 Å². The predicted molar refractivity (Wildman–Crippen MR) is 205 cm³/mol. The minimum absolute atomic E-state index is 0.403. The summed E-state index contributed by atoms with van der Waals surface area (Å²) in [6.07, 6.45) is -0.403. The van der Waals surface area contributed by atoms with Crippen LogP contribution in [0.3, 0.4) is 0 Å². The largest absolute Gasteiger partial charge is 0.456 e. The summed E-state index contributed by atoms with van der Waals surface area (Å²) in [7, 11) is 0. The van der Waals surface area contributed by atoms with E-state index < -0.39 is 6.17 Å². The first-order chi connectivity index (χ1) is 24.7. The van der Waals surface area contributed by atoms with Crippen LogP contribution in [0.25, 0.3) is 76.2 Å². The van der Waals surface area contributed by atoms with Gasteiger partial charge in [-0.05, 0) is 74.3 Å². The Bertz CT molecular complexity index is 3090. The first-order valence-corrected chi connectivity index (χ1v) is 16.8. The maximum absolute atomic E-state index is 6.49. The number of nitrogens with one attached hydrogen (secondary N) is 1. The average molecular weight is 642 g/mol. The number of amidine groups is 2. The fraction of sp³-hybridized carbons (Fsp3) is 0.0222. The van der Waals surface area contributed by atoms with Crippen LogP contribution in [0.1, 0.15) is 22.9 Å². The number of nitrogens with zero attached hydrogens (tertiary/aromatic N) is 2. The number of benzene rings is 8. The predicted octanol–water partition coefficient (Wildman–Crippen LogP) is 11.4. The van der Waals surface area contributed by atoms with E-state index in [1.54, 1.807) is 0 Å². The molecule has 1 atom stereocenters. The van der Waals surface area contributed by atoms with Gasteiger partial charge in [-0.15, -0.1) is 0 Å². The van der Waals surface area contributed by atoms with E-state index in [-0.39, 0.29) is 0 Å².